The van der Waals surface area contributed by atoms with Gasteiger partial charge in [0.05, 0.1) is 17.0 Å². The molecule has 178 valence electrons. The Morgan fingerprint density at radius 1 is 1.14 bits per heavy atom. The van der Waals surface area contributed by atoms with Crippen molar-refractivity contribution in [2.75, 3.05) is 12.1 Å². The first kappa shape index (κ1) is 22.1. The minimum Gasteiger partial charge on any atom is -0.454 e. The number of rotatable bonds is 5. The Labute approximate surface area is 210 Å². The van der Waals surface area contributed by atoms with Crippen LogP contribution in [-0.2, 0) is 11.3 Å². The van der Waals surface area contributed by atoms with E-state index < -0.39 is 0 Å². The second-order valence-corrected chi connectivity index (χ2v) is 10.4. The van der Waals surface area contributed by atoms with Gasteiger partial charge < -0.3 is 14.8 Å². The molecule has 0 atom stereocenters. The Bertz CT molecular complexity index is 1450. The highest BCUT2D eigenvalue weighted by atomic mass is 32.2. The van der Waals surface area contributed by atoms with Crippen LogP contribution in [0.25, 0.3) is 11.7 Å². The van der Waals surface area contributed by atoms with E-state index in [2.05, 4.69) is 5.32 Å². The number of thiocarbonyl (C=S) groups is 1. The lowest BCUT2D eigenvalue weighted by molar-refractivity contribution is -0.122. The first-order valence-corrected chi connectivity index (χ1v) is 12.7. The van der Waals surface area contributed by atoms with E-state index >= 15 is 0 Å². The summed E-state index contributed by atoms with van der Waals surface area (Å²) in [5, 5.41) is 3.46. The Hall–Kier alpha value is -3.37. The van der Waals surface area contributed by atoms with Crippen LogP contribution in [0.15, 0.2) is 52.3 Å². The average Bonchev–Trinajstić information content (AvgIpc) is 3.60. The molecule has 2 fully saturated rings. The van der Waals surface area contributed by atoms with Crippen molar-refractivity contribution < 1.29 is 14.3 Å². The van der Waals surface area contributed by atoms with Crippen LogP contribution in [0.5, 0.6) is 11.5 Å². The molecule has 10 heteroatoms. The lowest BCUT2D eigenvalue weighted by atomic mass is 10.2. The quantitative estimate of drug-likeness (QED) is 0.408. The zero-order valence-corrected chi connectivity index (χ0v) is 20.4. The normalized spacial score (nSPS) is 18.9. The number of hydrogen-bond acceptors (Lipinski definition) is 8. The molecule has 8 nitrogen and oxygen atoms in total. The largest absolute Gasteiger partial charge is 0.454 e. The van der Waals surface area contributed by atoms with Gasteiger partial charge in [0.15, 0.2) is 11.5 Å². The third-order valence-electron chi connectivity index (χ3n) is 6.39. The van der Waals surface area contributed by atoms with Crippen LogP contribution in [-0.4, -0.2) is 37.3 Å². The minimum absolute atomic E-state index is 0.190. The second-order valence-electron chi connectivity index (χ2n) is 8.69. The summed E-state index contributed by atoms with van der Waals surface area (Å²) in [5.41, 5.74) is 1.58. The number of nitrogens with zero attached hydrogens (tertiary/aromatic N) is 3. The number of thioether (sulfide) groups is 1. The zero-order valence-electron chi connectivity index (χ0n) is 18.7. The molecule has 1 N–H and O–H groups in total. The van der Waals surface area contributed by atoms with E-state index in [1.165, 1.54) is 16.2 Å². The first-order chi connectivity index (χ1) is 17.1. The fourth-order valence-electron chi connectivity index (χ4n) is 4.60. The van der Waals surface area contributed by atoms with E-state index in [-0.39, 0.29) is 24.3 Å². The highest BCUT2D eigenvalue weighted by molar-refractivity contribution is 8.26. The van der Waals surface area contributed by atoms with E-state index in [4.69, 9.17) is 26.7 Å². The van der Waals surface area contributed by atoms with Gasteiger partial charge in [0.2, 0.25) is 6.79 Å². The Morgan fingerprint density at radius 2 is 1.97 bits per heavy atom. The van der Waals surface area contributed by atoms with Crippen molar-refractivity contribution in [2.45, 2.75) is 38.3 Å². The number of ether oxygens (including phenoxy) is 2. The number of nitrogens with one attached hydrogen (secondary N) is 1. The second kappa shape index (κ2) is 9.01. The lowest BCUT2D eigenvalue weighted by Crippen LogP contribution is -2.27. The highest BCUT2D eigenvalue weighted by Crippen LogP contribution is 2.37. The van der Waals surface area contributed by atoms with Gasteiger partial charge >= 0.3 is 0 Å². The molecule has 0 bridgehead atoms. The summed E-state index contributed by atoms with van der Waals surface area (Å²) in [6.07, 6.45) is 7.69. The lowest BCUT2D eigenvalue weighted by Gasteiger charge is -2.16. The third kappa shape index (κ3) is 4.17. The van der Waals surface area contributed by atoms with E-state index in [1.807, 2.05) is 24.3 Å². The summed E-state index contributed by atoms with van der Waals surface area (Å²) in [6.45, 7) is 0.496. The molecule has 1 aromatic carbocycles. The number of benzene rings is 1. The van der Waals surface area contributed by atoms with Crippen LogP contribution in [0.1, 0.15) is 36.8 Å². The summed E-state index contributed by atoms with van der Waals surface area (Å²) < 4.78 is 12.8. The monoisotopic (exact) mass is 506 g/mol. The van der Waals surface area contributed by atoms with E-state index in [0.29, 0.717) is 44.3 Å². The van der Waals surface area contributed by atoms with Crippen LogP contribution in [0.3, 0.4) is 0 Å². The summed E-state index contributed by atoms with van der Waals surface area (Å²) in [4.78, 5) is 33.4. The summed E-state index contributed by atoms with van der Waals surface area (Å²) >= 11 is 6.72. The summed E-state index contributed by atoms with van der Waals surface area (Å²) in [7, 11) is 0. The number of anilines is 1. The molecule has 6 rings (SSSR count). The number of hydrogen-bond donors (Lipinski definition) is 1. The fraction of sp³-hybridized carbons (Fsp3) is 0.280. The maximum absolute atomic E-state index is 13.4. The first-order valence-electron chi connectivity index (χ1n) is 11.5. The maximum atomic E-state index is 13.4. The molecule has 3 aliphatic rings. The molecule has 4 heterocycles. The van der Waals surface area contributed by atoms with Crippen molar-refractivity contribution in [3.8, 4) is 11.5 Å². The maximum Gasteiger partial charge on any atom is 0.267 e. The highest BCUT2D eigenvalue weighted by Gasteiger charge is 2.33. The predicted molar refractivity (Wildman–Crippen MR) is 139 cm³/mol. The van der Waals surface area contributed by atoms with Gasteiger partial charge in [0.1, 0.15) is 15.8 Å². The Balaban J connectivity index is 1.34. The van der Waals surface area contributed by atoms with Crippen molar-refractivity contribution in [1.82, 2.24) is 14.3 Å². The number of amides is 1. The van der Waals surface area contributed by atoms with Gasteiger partial charge in [-0.2, -0.15) is 0 Å². The SMILES string of the molecule is O=C1C(=Cc2c(NC3CCCC3)nc3ccccn3c2=O)SC(=S)N1Cc1ccc2c(c1)OCO2. The topological polar surface area (TPSA) is 85.2 Å². The molecular formula is C25H22N4O4S2. The van der Waals surface area contributed by atoms with Crippen LogP contribution in [0, 0.1) is 0 Å². The van der Waals surface area contributed by atoms with Gasteiger partial charge in [-0.1, -0.05) is 49.0 Å². The summed E-state index contributed by atoms with van der Waals surface area (Å²) in [6, 6.07) is 11.3. The zero-order chi connectivity index (χ0) is 23.9. The molecule has 1 aliphatic carbocycles. The standard InChI is InChI=1S/C25H22N4O4S2/c30-23-17(22(26-16-5-1-2-6-16)27-21-7-3-4-10-28(21)23)12-20-24(31)29(25(34)35-20)13-15-8-9-18-19(11-15)33-14-32-18/h3-4,7-12,16,26H,1-2,5-6,13-14H2. The Kier molecular flexibility index (Phi) is 5.69. The van der Waals surface area contributed by atoms with Crippen LogP contribution >= 0.6 is 24.0 Å². The molecule has 1 saturated carbocycles. The number of aromatic nitrogens is 2. The van der Waals surface area contributed by atoms with Gasteiger partial charge in [0, 0.05) is 12.2 Å². The number of fused-ring (bicyclic) bond motifs is 2. The van der Waals surface area contributed by atoms with Crippen LogP contribution < -0.4 is 20.3 Å². The molecule has 0 radical (unpaired) electrons. The van der Waals surface area contributed by atoms with Gasteiger partial charge in [-0.05, 0) is 48.7 Å². The van der Waals surface area contributed by atoms with E-state index in [0.717, 1.165) is 31.2 Å². The van der Waals surface area contributed by atoms with Crippen molar-refractivity contribution in [3.05, 3.63) is 69.0 Å². The van der Waals surface area contributed by atoms with E-state index in [9.17, 15) is 9.59 Å². The van der Waals surface area contributed by atoms with Crippen molar-refractivity contribution in [3.63, 3.8) is 0 Å². The van der Waals surface area contributed by atoms with E-state index in [1.54, 1.807) is 29.3 Å². The molecule has 1 amide bonds. The Morgan fingerprint density at radius 3 is 2.83 bits per heavy atom. The van der Waals surface area contributed by atoms with Crippen molar-refractivity contribution in [2.24, 2.45) is 0 Å². The fourth-order valence-corrected chi connectivity index (χ4v) is 5.83. The molecule has 2 aliphatic heterocycles. The van der Waals surface area contributed by atoms with Gasteiger partial charge in [-0.3, -0.25) is 18.9 Å². The van der Waals surface area contributed by atoms with Crippen LogP contribution in [0.2, 0.25) is 0 Å². The molecule has 2 aromatic heterocycles. The molecule has 1 saturated heterocycles. The number of carbonyl (C=O) groups is 1. The van der Waals surface area contributed by atoms with Gasteiger partial charge in [-0.15, -0.1) is 0 Å². The smallest absolute Gasteiger partial charge is 0.267 e. The molecule has 0 spiro atoms. The van der Waals surface area contributed by atoms with Gasteiger partial charge in [-0.25, -0.2) is 4.98 Å². The molecule has 3 aromatic rings. The number of carbonyl (C=O) groups excluding carboxylic acids is 1. The molecular weight excluding hydrogens is 484 g/mol. The predicted octanol–water partition coefficient (Wildman–Crippen LogP) is 4.18. The third-order valence-corrected chi connectivity index (χ3v) is 7.77. The average molecular weight is 507 g/mol. The van der Waals surface area contributed by atoms with Crippen molar-refractivity contribution >= 4 is 51.7 Å². The molecule has 35 heavy (non-hydrogen) atoms. The van der Waals surface area contributed by atoms with Crippen LogP contribution in [0.4, 0.5) is 5.82 Å². The summed E-state index contributed by atoms with van der Waals surface area (Å²) in [5.74, 6) is 1.61. The minimum atomic E-state index is -0.234. The molecule has 0 unspecified atom stereocenters. The number of pyridine rings is 1. The van der Waals surface area contributed by atoms with Gasteiger partial charge in [0.25, 0.3) is 11.5 Å². The van der Waals surface area contributed by atoms with Crippen molar-refractivity contribution in [1.29, 1.82) is 0 Å².